The van der Waals surface area contributed by atoms with Crippen molar-refractivity contribution in [3.8, 4) is 0 Å². The Morgan fingerprint density at radius 3 is 1.47 bits per heavy atom. The largest absolute Gasteiger partial charge is 0.394 e. The zero-order valence-corrected chi connectivity index (χ0v) is 15.2. The Bertz CT molecular complexity index is 180. The van der Waals surface area contributed by atoms with Crippen LogP contribution >= 0.6 is 22.2 Å². The van der Waals surface area contributed by atoms with Crippen LogP contribution in [0, 0.1) is 0 Å². The van der Waals surface area contributed by atoms with E-state index in [0.29, 0.717) is 0 Å². The van der Waals surface area contributed by atoms with Crippen LogP contribution in [0.2, 0.25) is 0 Å². The van der Waals surface area contributed by atoms with E-state index in [1.54, 1.807) is 0 Å². The number of aliphatic hydroxyl groups excluding tert-OH is 1. The molecule has 0 radical (unpaired) electrons. The van der Waals surface area contributed by atoms with E-state index in [4.69, 9.17) is 22.2 Å². The first-order valence-electron chi connectivity index (χ1n) is 8.14. The van der Waals surface area contributed by atoms with Gasteiger partial charge in [0.2, 0.25) is 0 Å². The normalized spacial score (nSPS) is 13.1. The van der Waals surface area contributed by atoms with Gasteiger partial charge in [0.05, 0.1) is 5.73 Å². The van der Waals surface area contributed by atoms with E-state index < -0.39 is 13.1 Å². The summed E-state index contributed by atoms with van der Waals surface area (Å²) < 4.78 is 0. The van der Waals surface area contributed by atoms with Crippen molar-refractivity contribution in [2.75, 3.05) is 0 Å². The Hall–Kier alpha value is 0.757. The molecule has 0 spiro atoms. The third kappa shape index (κ3) is 15.0. The molecule has 0 fully saturated rings. The van der Waals surface area contributed by atoms with Crippen LogP contribution in [-0.4, -0.2) is 18.3 Å². The summed E-state index contributed by atoms with van der Waals surface area (Å²) in [7, 11) is -1.85. The van der Waals surface area contributed by atoms with E-state index in [9.17, 15) is 5.11 Å². The average molecular weight is 327 g/mol. The van der Waals surface area contributed by atoms with E-state index in [-0.39, 0.29) is 0 Å². The van der Waals surface area contributed by atoms with Crippen molar-refractivity contribution >= 4 is 29.6 Å². The van der Waals surface area contributed by atoms with Gasteiger partial charge in [-0.2, -0.15) is 0 Å². The smallest absolute Gasteiger partial charge is 0.264 e. The summed E-state index contributed by atoms with van der Waals surface area (Å²) in [5, 5.41) is 9.49. The fraction of sp³-hybridized carbons (Fsp3) is 1.00. The molecule has 0 heterocycles. The second-order valence-corrected chi connectivity index (χ2v) is 10.5. The number of rotatable bonds is 14. The maximum atomic E-state index is 9.49. The van der Waals surface area contributed by atoms with Crippen molar-refractivity contribution in [3.05, 3.63) is 0 Å². The van der Waals surface area contributed by atoms with Crippen LogP contribution in [0.5, 0.6) is 0 Å². The molecule has 1 atom stereocenters. The molecule has 1 N–H and O–H groups in total. The van der Waals surface area contributed by atoms with Crippen molar-refractivity contribution < 1.29 is 5.11 Å². The second-order valence-electron chi connectivity index (χ2n) is 5.58. The lowest BCUT2D eigenvalue weighted by Gasteiger charge is -2.09. The standard InChI is InChI=1S/C15H32Cl2OSi/c1-2-3-4-5-6-7-8-9-10-11-12-13-14-15(18)19(16)17/h15,18-19H,2-14H2,1H3. The van der Waals surface area contributed by atoms with Gasteiger partial charge in [-0.25, -0.2) is 0 Å². The van der Waals surface area contributed by atoms with Gasteiger partial charge in [0, 0.05) is 0 Å². The van der Waals surface area contributed by atoms with E-state index in [1.165, 1.54) is 70.6 Å². The predicted octanol–water partition coefficient (Wildman–Crippen LogP) is 5.68. The van der Waals surface area contributed by atoms with Crippen molar-refractivity contribution in [2.24, 2.45) is 0 Å². The Balaban J connectivity index is 3.03. The molecule has 0 aliphatic carbocycles. The highest BCUT2D eigenvalue weighted by atomic mass is 35.7. The molecule has 0 saturated carbocycles. The van der Waals surface area contributed by atoms with Gasteiger partial charge in [-0.15, -0.1) is 22.2 Å². The zero-order chi connectivity index (χ0) is 14.3. The minimum absolute atomic E-state index is 0.411. The Labute approximate surface area is 131 Å². The molecule has 0 bridgehead atoms. The number of aliphatic hydroxyl groups is 1. The van der Waals surface area contributed by atoms with Crippen molar-refractivity contribution in [1.82, 2.24) is 0 Å². The van der Waals surface area contributed by atoms with Gasteiger partial charge < -0.3 is 5.11 Å². The van der Waals surface area contributed by atoms with Crippen LogP contribution in [0.1, 0.15) is 90.4 Å². The molecule has 0 rings (SSSR count). The van der Waals surface area contributed by atoms with E-state index >= 15 is 0 Å². The monoisotopic (exact) mass is 326 g/mol. The van der Waals surface area contributed by atoms with Gasteiger partial charge in [-0.1, -0.05) is 84.0 Å². The lowest BCUT2D eigenvalue weighted by Crippen LogP contribution is -2.19. The van der Waals surface area contributed by atoms with Gasteiger partial charge in [0.25, 0.3) is 7.42 Å². The lowest BCUT2D eigenvalue weighted by molar-refractivity contribution is 0.237. The van der Waals surface area contributed by atoms with Gasteiger partial charge in [0.15, 0.2) is 0 Å². The van der Waals surface area contributed by atoms with Crippen LogP contribution in [0.4, 0.5) is 0 Å². The Morgan fingerprint density at radius 1 is 0.737 bits per heavy atom. The summed E-state index contributed by atoms with van der Waals surface area (Å²) in [4.78, 5) is 0. The summed E-state index contributed by atoms with van der Waals surface area (Å²) >= 11 is 11.5. The molecule has 0 aromatic carbocycles. The van der Waals surface area contributed by atoms with Crippen molar-refractivity contribution in [1.29, 1.82) is 0 Å². The Kier molecular flexibility index (Phi) is 15.8. The average Bonchev–Trinajstić information content (AvgIpc) is 2.39. The van der Waals surface area contributed by atoms with Crippen LogP contribution in [0.15, 0.2) is 0 Å². The molecule has 0 aromatic heterocycles. The fourth-order valence-electron chi connectivity index (χ4n) is 2.32. The van der Waals surface area contributed by atoms with E-state index in [0.717, 1.165) is 12.8 Å². The topological polar surface area (TPSA) is 20.2 Å². The molecule has 1 nitrogen and oxygen atoms in total. The summed E-state index contributed by atoms with van der Waals surface area (Å²) in [5.74, 6) is 0. The molecule has 0 saturated heterocycles. The number of unbranched alkanes of at least 4 members (excludes halogenated alkanes) is 11. The predicted molar refractivity (Wildman–Crippen MR) is 90.6 cm³/mol. The van der Waals surface area contributed by atoms with Crippen molar-refractivity contribution in [2.45, 2.75) is 96.1 Å². The Morgan fingerprint density at radius 2 is 1.11 bits per heavy atom. The maximum Gasteiger partial charge on any atom is 0.264 e. The number of halogens is 2. The molecule has 0 aliphatic heterocycles. The van der Waals surface area contributed by atoms with E-state index in [2.05, 4.69) is 6.92 Å². The first-order valence-corrected chi connectivity index (χ1v) is 12.3. The second kappa shape index (κ2) is 15.2. The highest BCUT2D eigenvalue weighted by Gasteiger charge is 2.14. The highest BCUT2D eigenvalue weighted by Crippen LogP contribution is 2.14. The van der Waals surface area contributed by atoms with Crippen LogP contribution in [-0.2, 0) is 0 Å². The summed E-state index contributed by atoms with van der Waals surface area (Å²) in [6, 6.07) is 0. The first kappa shape index (κ1) is 19.8. The van der Waals surface area contributed by atoms with Gasteiger partial charge in [-0.05, 0) is 6.42 Å². The lowest BCUT2D eigenvalue weighted by atomic mass is 10.0. The minimum atomic E-state index is -1.85. The summed E-state index contributed by atoms with van der Waals surface area (Å²) in [6.45, 7) is 2.27. The molecule has 0 aromatic rings. The molecule has 19 heavy (non-hydrogen) atoms. The van der Waals surface area contributed by atoms with Gasteiger partial charge >= 0.3 is 0 Å². The molecule has 0 amide bonds. The molecule has 4 heteroatoms. The molecule has 1 unspecified atom stereocenters. The molecule has 0 aliphatic rings. The molecular weight excluding hydrogens is 295 g/mol. The van der Waals surface area contributed by atoms with Crippen LogP contribution in [0.3, 0.4) is 0 Å². The molecular formula is C15H32Cl2OSi. The minimum Gasteiger partial charge on any atom is -0.394 e. The number of hydrogen-bond acceptors (Lipinski definition) is 1. The quantitative estimate of drug-likeness (QED) is 0.247. The number of hydrogen-bond donors (Lipinski definition) is 1. The first-order chi connectivity index (χ1) is 9.18. The van der Waals surface area contributed by atoms with Gasteiger partial charge in [0.1, 0.15) is 0 Å². The maximum absolute atomic E-state index is 9.49. The highest BCUT2D eigenvalue weighted by molar-refractivity contribution is 7.34. The van der Waals surface area contributed by atoms with Crippen molar-refractivity contribution in [3.63, 3.8) is 0 Å². The van der Waals surface area contributed by atoms with Crippen LogP contribution in [0.25, 0.3) is 0 Å². The zero-order valence-electron chi connectivity index (χ0n) is 12.6. The SMILES string of the molecule is CCCCCCCCCCCCCCC(O)[SiH](Cl)Cl. The fourth-order valence-corrected chi connectivity index (χ4v) is 3.56. The molecule has 116 valence electrons. The van der Waals surface area contributed by atoms with Crippen LogP contribution < -0.4 is 0 Å². The third-order valence-corrected chi connectivity index (χ3v) is 6.30. The van der Waals surface area contributed by atoms with E-state index in [1.807, 2.05) is 0 Å². The summed E-state index contributed by atoms with van der Waals surface area (Å²) in [6.07, 6.45) is 16.9. The summed E-state index contributed by atoms with van der Waals surface area (Å²) in [5.41, 5.74) is -0.411. The third-order valence-electron chi connectivity index (χ3n) is 3.64. The van der Waals surface area contributed by atoms with Gasteiger partial charge in [-0.3, -0.25) is 0 Å².